The van der Waals surface area contributed by atoms with Gasteiger partial charge < -0.3 is 4.42 Å². The Bertz CT molecular complexity index is 172. The SMILES string of the molecule is CC(C)(C)c1c[c-]oc1.[Y]. The van der Waals surface area contributed by atoms with Crippen molar-refractivity contribution in [1.29, 1.82) is 0 Å². The van der Waals surface area contributed by atoms with Crippen molar-refractivity contribution in [2.24, 2.45) is 0 Å². The van der Waals surface area contributed by atoms with Gasteiger partial charge in [0, 0.05) is 32.7 Å². The maximum atomic E-state index is 4.82. The van der Waals surface area contributed by atoms with E-state index in [1.165, 1.54) is 5.56 Å². The Labute approximate surface area is 87.1 Å². The molecule has 0 bridgehead atoms. The molecular formula is C8H11OY-. The minimum Gasteiger partial charge on any atom is -0.599 e. The van der Waals surface area contributed by atoms with Gasteiger partial charge in [0.25, 0.3) is 0 Å². The average Bonchev–Trinajstić information content (AvgIpc) is 2.08. The third kappa shape index (κ3) is 2.55. The van der Waals surface area contributed by atoms with E-state index >= 15 is 0 Å². The minimum absolute atomic E-state index is 0. The van der Waals surface area contributed by atoms with Crippen LogP contribution in [0.15, 0.2) is 16.7 Å². The van der Waals surface area contributed by atoms with Crippen LogP contribution in [-0.4, -0.2) is 0 Å². The Kier molecular flexibility index (Phi) is 3.82. The molecule has 10 heavy (non-hydrogen) atoms. The molecule has 0 aliphatic carbocycles. The van der Waals surface area contributed by atoms with Gasteiger partial charge in [-0.2, -0.15) is 5.56 Å². The van der Waals surface area contributed by atoms with E-state index in [9.17, 15) is 0 Å². The molecular weight excluding hydrogens is 201 g/mol. The smallest absolute Gasteiger partial charge is 0 e. The van der Waals surface area contributed by atoms with Crippen molar-refractivity contribution in [1.82, 2.24) is 0 Å². The summed E-state index contributed by atoms with van der Waals surface area (Å²) in [6.07, 6.45) is 4.40. The number of furan rings is 1. The maximum absolute atomic E-state index is 4.82. The van der Waals surface area contributed by atoms with Crippen LogP contribution < -0.4 is 0 Å². The molecule has 1 heterocycles. The van der Waals surface area contributed by atoms with Crippen molar-refractivity contribution in [3.05, 3.63) is 24.2 Å². The van der Waals surface area contributed by atoms with Gasteiger partial charge in [0.2, 0.25) is 0 Å². The van der Waals surface area contributed by atoms with Gasteiger partial charge in [-0.05, 0) is 6.26 Å². The van der Waals surface area contributed by atoms with Gasteiger partial charge >= 0.3 is 0 Å². The van der Waals surface area contributed by atoms with Crippen LogP contribution in [0.3, 0.4) is 0 Å². The Morgan fingerprint density at radius 1 is 1.40 bits per heavy atom. The summed E-state index contributed by atoms with van der Waals surface area (Å²) >= 11 is 0. The molecule has 0 aliphatic heterocycles. The van der Waals surface area contributed by atoms with Crippen molar-refractivity contribution in [3.63, 3.8) is 0 Å². The summed E-state index contributed by atoms with van der Waals surface area (Å²) in [4.78, 5) is 0. The van der Waals surface area contributed by atoms with Crippen LogP contribution in [-0.2, 0) is 38.1 Å². The van der Waals surface area contributed by atoms with E-state index in [1.54, 1.807) is 6.26 Å². The van der Waals surface area contributed by atoms with E-state index in [0.717, 1.165) is 0 Å². The van der Waals surface area contributed by atoms with Crippen LogP contribution in [0, 0.1) is 6.26 Å². The third-order valence-corrected chi connectivity index (χ3v) is 1.33. The van der Waals surface area contributed by atoms with Gasteiger partial charge in [-0.25, -0.2) is 0 Å². The van der Waals surface area contributed by atoms with Gasteiger partial charge in [0.15, 0.2) is 0 Å². The second-order valence-electron chi connectivity index (χ2n) is 3.20. The van der Waals surface area contributed by atoms with Crippen LogP contribution in [0.2, 0.25) is 0 Å². The molecule has 1 aromatic rings. The summed E-state index contributed by atoms with van der Waals surface area (Å²) in [5, 5.41) is 0. The van der Waals surface area contributed by atoms with Gasteiger partial charge in [-0.1, -0.05) is 32.4 Å². The molecule has 1 aromatic heterocycles. The fourth-order valence-corrected chi connectivity index (χ4v) is 0.622. The molecule has 0 unspecified atom stereocenters. The van der Waals surface area contributed by atoms with Crippen molar-refractivity contribution in [2.45, 2.75) is 26.2 Å². The Balaban J connectivity index is 0.000000810. The number of hydrogen-bond donors (Lipinski definition) is 0. The predicted octanol–water partition coefficient (Wildman–Crippen LogP) is 2.37. The topological polar surface area (TPSA) is 13.1 Å². The zero-order chi connectivity index (χ0) is 6.91. The van der Waals surface area contributed by atoms with E-state index in [2.05, 4.69) is 27.0 Å². The van der Waals surface area contributed by atoms with Gasteiger partial charge in [-0.15, -0.1) is 6.07 Å². The largest absolute Gasteiger partial charge is 0.599 e. The van der Waals surface area contributed by atoms with Crippen LogP contribution in [0.5, 0.6) is 0 Å². The first-order chi connectivity index (χ1) is 4.11. The van der Waals surface area contributed by atoms with Gasteiger partial charge in [0.05, 0.1) is 0 Å². The molecule has 0 saturated heterocycles. The standard InChI is InChI=1S/C8H11O.Y/c1-8(2,3)7-4-5-9-6-7;/h4,6H,1-3H3;/q-1;. The summed E-state index contributed by atoms with van der Waals surface area (Å²) in [5.74, 6) is 0. The summed E-state index contributed by atoms with van der Waals surface area (Å²) in [7, 11) is 0. The monoisotopic (exact) mass is 212 g/mol. The van der Waals surface area contributed by atoms with E-state index in [-0.39, 0.29) is 38.1 Å². The second kappa shape index (κ2) is 3.68. The zero-order valence-electron chi connectivity index (χ0n) is 6.64. The molecule has 0 amide bonds. The second-order valence-corrected chi connectivity index (χ2v) is 3.20. The van der Waals surface area contributed by atoms with Crippen LogP contribution in [0.25, 0.3) is 0 Å². The first-order valence-electron chi connectivity index (χ1n) is 3.06. The molecule has 1 rings (SSSR count). The molecule has 53 valence electrons. The van der Waals surface area contributed by atoms with Crippen molar-refractivity contribution >= 4 is 0 Å². The van der Waals surface area contributed by atoms with Crippen LogP contribution in [0.1, 0.15) is 26.3 Å². The van der Waals surface area contributed by atoms with E-state index in [0.29, 0.717) is 0 Å². The van der Waals surface area contributed by atoms with Crippen LogP contribution >= 0.6 is 0 Å². The molecule has 0 atom stereocenters. The Morgan fingerprint density at radius 3 is 2.20 bits per heavy atom. The number of hydrogen-bond acceptors (Lipinski definition) is 1. The summed E-state index contributed by atoms with van der Waals surface area (Å²) in [6.45, 7) is 6.43. The van der Waals surface area contributed by atoms with Crippen molar-refractivity contribution < 1.29 is 37.1 Å². The Hall–Kier alpha value is 0.384. The van der Waals surface area contributed by atoms with E-state index < -0.39 is 0 Å². The molecule has 0 saturated carbocycles. The van der Waals surface area contributed by atoms with E-state index in [1.807, 2.05) is 6.07 Å². The fourth-order valence-electron chi connectivity index (χ4n) is 0.622. The van der Waals surface area contributed by atoms with Crippen molar-refractivity contribution in [2.75, 3.05) is 0 Å². The zero-order valence-corrected chi connectivity index (χ0v) is 9.48. The van der Waals surface area contributed by atoms with Crippen LogP contribution in [0.4, 0.5) is 0 Å². The molecule has 1 radical (unpaired) electrons. The van der Waals surface area contributed by atoms with Crippen molar-refractivity contribution in [3.8, 4) is 0 Å². The fraction of sp³-hybridized carbons (Fsp3) is 0.500. The molecule has 0 N–H and O–H groups in total. The van der Waals surface area contributed by atoms with Gasteiger partial charge in [0.1, 0.15) is 0 Å². The molecule has 2 heteroatoms. The average molecular weight is 212 g/mol. The minimum atomic E-state index is 0. The van der Waals surface area contributed by atoms with E-state index in [4.69, 9.17) is 4.42 Å². The molecule has 0 spiro atoms. The maximum Gasteiger partial charge on any atom is 0 e. The quantitative estimate of drug-likeness (QED) is 0.601. The predicted molar refractivity (Wildman–Crippen MR) is 36.2 cm³/mol. The first-order valence-corrected chi connectivity index (χ1v) is 3.06. The normalized spacial score (nSPS) is 10.7. The molecule has 0 aromatic carbocycles. The summed E-state index contributed by atoms with van der Waals surface area (Å²) < 4.78 is 4.82. The summed E-state index contributed by atoms with van der Waals surface area (Å²) in [6, 6.07) is 1.88. The first kappa shape index (κ1) is 10.4. The Morgan fingerprint density at radius 2 is 2.00 bits per heavy atom. The van der Waals surface area contributed by atoms with Gasteiger partial charge in [-0.3, -0.25) is 0 Å². The third-order valence-electron chi connectivity index (χ3n) is 1.33. The molecule has 0 fully saturated rings. The number of rotatable bonds is 0. The summed E-state index contributed by atoms with van der Waals surface area (Å²) in [5.41, 5.74) is 1.39. The molecule has 0 aliphatic rings. The molecule has 1 nitrogen and oxygen atoms in total.